The summed E-state index contributed by atoms with van der Waals surface area (Å²) in [5.74, 6) is 0.815. The molecule has 0 spiro atoms. The second-order valence-corrected chi connectivity index (χ2v) is 7.41. The molecule has 126 valence electrons. The minimum absolute atomic E-state index is 0.00156. The first kappa shape index (κ1) is 16.1. The third-order valence-electron chi connectivity index (χ3n) is 4.27. The van der Waals surface area contributed by atoms with Crippen molar-refractivity contribution in [3.63, 3.8) is 0 Å². The van der Waals surface area contributed by atoms with E-state index in [-0.39, 0.29) is 22.3 Å². The van der Waals surface area contributed by atoms with Gasteiger partial charge in [0.2, 0.25) is 0 Å². The smallest absolute Gasteiger partial charge is 0.259 e. The quantitative estimate of drug-likeness (QED) is 0.604. The molecule has 0 unspecified atom stereocenters. The summed E-state index contributed by atoms with van der Waals surface area (Å²) in [6.07, 6.45) is 0.892. The first-order valence-corrected chi connectivity index (χ1v) is 9.30. The summed E-state index contributed by atoms with van der Waals surface area (Å²) in [6.45, 7) is 0. The van der Waals surface area contributed by atoms with Gasteiger partial charge >= 0.3 is 0 Å². The number of aromatic nitrogens is 2. The topological polar surface area (TPSA) is 77.8 Å². The molecule has 1 aromatic heterocycles. The van der Waals surface area contributed by atoms with E-state index in [1.165, 1.54) is 4.90 Å². The Labute approximate surface area is 152 Å². The Morgan fingerprint density at radius 3 is 2.92 bits per heavy atom. The Hall–Kier alpha value is -2.38. The summed E-state index contributed by atoms with van der Waals surface area (Å²) in [5, 5.41) is 3.58. The molecule has 0 radical (unpaired) electrons. The minimum Gasteiger partial charge on any atom is -0.345 e. The van der Waals surface area contributed by atoms with Crippen LogP contribution in [0.5, 0.6) is 0 Å². The first-order chi connectivity index (χ1) is 12.1. The zero-order valence-corrected chi connectivity index (χ0v) is 14.8. The van der Waals surface area contributed by atoms with Crippen LogP contribution in [0.2, 0.25) is 0 Å². The molecule has 25 heavy (non-hydrogen) atoms. The van der Waals surface area contributed by atoms with Gasteiger partial charge in [-0.15, -0.1) is 11.8 Å². The van der Waals surface area contributed by atoms with Crippen LogP contribution in [0.3, 0.4) is 0 Å². The second kappa shape index (κ2) is 6.50. The van der Waals surface area contributed by atoms with Crippen LogP contribution in [0, 0.1) is 4.77 Å². The molecule has 0 saturated carbocycles. The van der Waals surface area contributed by atoms with Gasteiger partial charge in [0.05, 0.1) is 16.9 Å². The minimum atomic E-state index is -0.260. The van der Waals surface area contributed by atoms with Gasteiger partial charge in [-0.3, -0.25) is 14.6 Å². The molecule has 0 bridgehead atoms. The normalized spacial score (nSPS) is 16.4. The number of hydrogen-bond donors (Lipinski definition) is 3. The van der Waals surface area contributed by atoms with Gasteiger partial charge < -0.3 is 10.3 Å². The number of thioether (sulfide) groups is 1. The van der Waals surface area contributed by atoms with E-state index in [4.69, 9.17) is 12.2 Å². The molecule has 1 aliphatic heterocycles. The van der Waals surface area contributed by atoms with Gasteiger partial charge in [0.25, 0.3) is 11.5 Å². The highest BCUT2D eigenvalue weighted by molar-refractivity contribution is 7.99. The average Bonchev–Trinajstić information content (AvgIpc) is 2.61. The van der Waals surface area contributed by atoms with Crippen LogP contribution in [-0.4, -0.2) is 21.6 Å². The second-order valence-electron chi connectivity index (χ2n) is 5.87. The largest absolute Gasteiger partial charge is 0.345 e. The maximum atomic E-state index is 12.7. The maximum Gasteiger partial charge on any atom is 0.259 e. The monoisotopic (exact) mass is 369 g/mol. The van der Waals surface area contributed by atoms with E-state index in [2.05, 4.69) is 27.4 Å². The van der Waals surface area contributed by atoms with Crippen molar-refractivity contribution in [1.29, 1.82) is 0 Å². The molecular weight excluding hydrogens is 354 g/mol. The maximum absolute atomic E-state index is 12.7. The number of H-pyrrole nitrogens is 2. The Morgan fingerprint density at radius 2 is 2.04 bits per heavy atom. The van der Waals surface area contributed by atoms with E-state index in [9.17, 15) is 9.59 Å². The third-order valence-corrected chi connectivity index (χ3v) is 5.59. The van der Waals surface area contributed by atoms with Crippen LogP contribution in [-0.2, 0) is 0 Å². The van der Waals surface area contributed by atoms with Gasteiger partial charge in [-0.1, -0.05) is 18.2 Å². The number of fused-ring (bicyclic) bond motifs is 2. The molecule has 3 aromatic rings. The molecule has 0 fully saturated rings. The van der Waals surface area contributed by atoms with Crippen LogP contribution in [0.4, 0.5) is 0 Å². The lowest BCUT2D eigenvalue weighted by Gasteiger charge is -2.25. The standard InChI is InChI=1S/C18H15N3O2S2/c22-16(19-13-7-8-25-15-4-2-1-3-11(13)15)10-5-6-12-14(9-10)20-18(24)21-17(12)23/h1-6,9,13H,7-8H2,(H,19,22)(H2,20,21,23,24)/t13-/m1/s1. The highest BCUT2D eigenvalue weighted by Crippen LogP contribution is 2.35. The average molecular weight is 369 g/mol. The molecule has 1 aliphatic rings. The summed E-state index contributed by atoms with van der Waals surface area (Å²) in [5.41, 5.74) is 1.95. The summed E-state index contributed by atoms with van der Waals surface area (Å²) >= 11 is 6.81. The fraction of sp³-hybridized carbons (Fsp3) is 0.167. The van der Waals surface area contributed by atoms with E-state index in [1.54, 1.807) is 18.2 Å². The van der Waals surface area contributed by atoms with Crippen molar-refractivity contribution >= 4 is 40.8 Å². The number of amides is 1. The molecule has 4 rings (SSSR count). The number of hydrogen-bond acceptors (Lipinski definition) is 4. The van der Waals surface area contributed by atoms with Crippen LogP contribution >= 0.6 is 24.0 Å². The SMILES string of the molecule is O=C(N[C@@H]1CCSc2ccccc21)c1ccc2c(=O)[nH]c(=S)[nH]c2c1. The van der Waals surface area contributed by atoms with Crippen LogP contribution in [0.1, 0.15) is 28.4 Å². The van der Waals surface area contributed by atoms with E-state index in [0.29, 0.717) is 16.5 Å². The molecule has 2 aromatic carbocycles. The molecule has 2 heterocycles. The molecule has 5 nitrogen and oxygen atoms in total. The summed E-state index contributed by atoms with van der Waals surface area (Å²) < 4.78 is 0.244. The van der Waals surface area contributed by atoms with Gasteiger partial charge in [-0.25, -0.2) is 0 Å². The summed E-state index contributed by atoms with van der Waals surface area (Å²) in [4.78, 5) is 31.3. The molecule has 1 amide bonds. The number of carbonyl (C=O) groups is 1. The van der Waals surface area contributed by atoms with Crippen molar-refractivity contribution in [2.24, 2.45) is 0 Å². The van der Waals surface area contributed by atoms with Crippen LogP contribution in [0.15, 0.2) is 52.2 Å². The fourth-order valence-electron chi connectivity index (χ4n) is 3.04. The molecule has 0 saturated heterocycles. The van der Waals surface area contributed by atoms with Crippen molar-refractivity contribution in [3.8, 4) is 0 Å². The number of nitrogens with one attached hydrogen (secondary N) is 3. The van der Waals surface area contributed by atoms with Crippen LogP contribution < -0.4 is 10.9 Å². The number of aromatic amines is 2. The number of carbonyl (C=O) groups excluding carboxylic acids is 1. The van der Waals surface area contributed by atoms with Crippen molar-refractivity contribution in [2.45, 2.75) is 17.4 Å². The Bertz CT molecular complexity index is 1090. The molecule has 1 atom stereocenters. The Balaban J connectivity index is 1.65. The van der Waals surface area contributed by atoms with Gasteiger partial charge in [-0.05, 0) is 48.5 Å². The van der Waals surface area contributed by atoms with Gasteiger partial charge in [0, 0.05) is 16.2 Å². The molecular formula is C18H15N3O2S2. The third kappa shape index (κ3) is 3.12. The lowest BCUT2D eigenvalue weighted by molar-refractivity contribution is 0.0935. The predicted molar refractivity (Wildman–Crippen MR) is 102 cm³/mol. The molecule has 7 heteroatoms. The zero-order chi connectivity index (χ0) is 17.4. The first-order valence-electron chi connectivity index (χ1n) is 7.91. The van der Waals surface area contributed by atoms with E-state index in [0.717, 1.165) is 17.7 Å². The Kier molecular flexibility index (Phi) is 4.19. The van der Waals surface area contributed by atoms with E-state index in [1.807, 2.05) is 23.9 Å². The van der Waals surface area contributed by atoms with Crippen LogP contribution in [0.25, 0.3) is 10.9 Å². The van der Waals surface area contributed by atoms with Gasteiger partial charge in [0.15, 0.2) is 4.77 Å². The highest BCUT2D eigenvalue weighted by atomic mass is 32.2. The lowest BCUT2D eigenvalue weighted by Crippen LogP contribution is -2.30. The molecule has 0 aliphatic carbocycles. The van der Waals surface area contributed by atoms with Gasteiger partial charge in [-0.2, -0.15) is 0 Å². The fourth-order valence-corrected chi connectivity index (χ4v) is 4.37. The van der Waals surface area contributed by atoms with Crippen molar-refractivity contribution in [3.05, 3.63) is 68.7 Å². The van der Waals surface area contributed by atoms with E-state index >= 15 is 0 Å². The number of benzene rings is 2. The van der Waals surface area contributed by atoms with E-state index < -0.39 is 0 Å². The lowest BCUT2D eigenvalue weighted by atomic mass is 10.0. The summed E-state index contributed by atoms with van der Waals surface area (Å²) in [7, 11) is 0. The summed E-state index contributed by atoms with van der Waals surface area (Å²) in [6, 6.07) is 13.1. The predicted octanol–water partition coefficient (Wildman–Crippen LogP) is 3.55. The number of rotatable bonds is 2. The zero-order valence-electron chi connectivity index (χ0n) is 13.2. The van der Waals surface area contributed by atoms with Gasteiger partial charge in [0.1, 0.15) is 0 Å². The molecule has 3 N–H and O–H groups in total. The van der Waals surface area contributed by atoms with Crippen molar-refractivity contribution in [1.82, 2.24) is 15.3 Å². The Morgan fingerprint density at radius 1 is 1.20 bits per heavy atom. The van der Waals surface area contributed by atoms with Crippen molar-refractivity contribution in [2.75, 3.05) is 5.75 Å². The van der Waals surface area contributed by atoms with Crippen molar-refractivity contribution < 1.29 is 4.79 Å². The highest BCUT2D eigenvalue weighted by Gasteiger charge is 2.22.